The summed E-state index contributed by atoms with van der Waals surface area (Å²) >= 11 is 0. The molecule has 0 saturated carbocycles. The van der Waals surface area contributed by atoms with E-state index in [-0.39, 0.29) is 19.1 Å². The smallest absolute Gasteiger partial charge is 0.273 e. The van der Waals surface area contributed by atoms with Crippen molar-refractivity contribution in [3.63, 3.8) is 0 Å². The third kappa shape index (κ3) is 3.37. The molecule has 0 unspecified atom stereocenters. The van der Waals surface area contributed by atoms with E-state index in [0.717, 1.165) is 16.7 Å². The van der Waals surface area contributed by atoms with Crippen LogP contribution >= 0.6 is 0 Å². The molecular formula is C20H20N6O2. The van der Waals surface area contributed by atoms with Crippen molar-refractivity contribution in [1.29, 1.82) is 0 Å². The molecule has 0 aliphatic rings. The number of fused-ring (bicyclic) bond motifs is 1. The summed E-state index contributed by atoms with van der Waals surface area (Å²) in [6.45, 7) is 2.30. The Morgan fingerprint density at radius 2 is 2.18 bits per heavy atom. The van der Waals surface area contributed by atoms with E-state index >= 15 is 0 Å². The number of nitrogens with zero attached hydrogens (tertiary/aromatic N) is 5. The SMILES string of the molecule is Cc1nc2cc(-c3cn[nH]c3)ccn2c1C(=O)N(CCO)Cc1cccnc1. The summed E-state index contributed by atoms with van der Waals surface area (Å²) < 4.78 is 1.79. The van der Waals surface area contributed by atoms with E-state index in [1.165, 1.54) is 0 Å². The maximum Gasteiger partial charge on any atom is 0.273 e. The van der Waals surface area contributed by atoms with Crippen LogP contribution in [0.15, 0.2) is 55.2 Å². The van der Waals surface area contributed by atoms with Crippen molar-refractivity contribution in [2.45, 2.75) is 13.5 Å². The van der Waals surface area contributed by atoms with E-state index in [9.17, 15) is 9.90 Å². The molecule has 8 nitrogen and oxygen atoms in total. The molecule has 1 amide bonds. The largest absolute Gasteiger partial charge is 0.395 e. The maximum atomic E-state index is 13.3. The molecule has 0 radical (unpaired) electrons. The van der Waals surface area contributed by atoms with Gasteiger partial charge in [0.15, 0.2) is 0 Å². The third-order valence-corrected chi connectivity index (χ3v) is 4.59. The van der Waals surface area contributed by atoms with Gasteiger partial charge in [-0.15, -0.1) is 0 Å². The van der Waals surface area contributed by atoms with Gasteiger partial charge in [-0.1, -0.05) is 6.07 Å². The summed E-state index contributed by atoms with van der Waals surface area (Å²) in [6, 6.07) is 7.58. The summed E-state index contributed by atoms with van der Waals surface area (Å²) in [5.41, 5.74) is 4.64. The summed E-state index contributed by atoms with van der Waals surface area (Å²) in [5.74, 6) is -0.182. The lowest BCUT2D eigenvalue weighted by Crippen LogP contribution is -2.34. The van der Waals surface area contributed by atoms with Crippen molar-refractivity contribution in [2.24, 2.45) is 0 Å². The monoisotopic (exact) mass is 376 g/mol. The number of aliphatic hydroxyl groups excluding tert-OH is 1. The van der Waals surface area contributed by atoms with Gasteiger partial charge in [-0.3, -0.25) is 19.3 Å². The van der Waals surface area contributed by atoms with Crippen molar-refractivity contribution in [3.8, 4) is 11.1 Å². The van der Waals surface area contributed by atoms with E-state index in [2.05, 4.69) is 20.2 Å². The Balaban J connectivity index is 1.70. The number of amides is 1. The Morgan fingerprint density at radius 3 is 2.89 bits per heavy atom. The normalized spacial score (nSPS) is 11.1. The highest BCUT2D eigenvalue weighted by Crippen LogP contribution is 2.22. The van der Waals surface area contributed by atoms with Gasteiger partial charge in [0, 0.05) is 43.4 Å². The molecule has 0 aliphatic heterocycles. The maximum absolute atomic E-state index is 13.3. The number of nitrogens with one attached hydrogen (secondary N) is 1. The van der Waals surface area contributed by atoms with Crippen LogP contribution in [-0.2, 0) is 6.54 Å². The topological polar surface area (TPSA) is 99.4 Å². The molecule has 2 N–H and O–H groups in total. The highest BCUT2D eigenvalue weighted by Gasteiger charge is 2.23. The zero-order valence-corrected chi connectivity index (χ0v) is 15.4. The molecule has 142 valence electrons. The number of pyridine rings is 2. The number of aliphatic hydroxyl groups is 1. The molecule has 4 aromatic heterocycles. The van der Waals surface area contributed by atoms with E-state index in [1.54, 1.807) is 27.9 Å². The third-order valence-electron chi connectivity index (χ3n) is 4.59. The molecule has 0 saturated heterocycles. The van der Waals surface area contributed by atoms with E-state index < -0.39 is 0 Å². The predicted molar refractivity (Wildman–Crippen MR) is 104 cm³/mol. The predicted octanol–water partition coefficient (Wildman–Crippen LogP) is 2.06. The quantitative estimate of drug-likeness (QED) is 0.537. The Labute approximate surface area is 161 Å². The standard InChI is InChI=1S/C20H20N6O2/c1-14-19(20(28)25(7-8-27)13-15-3-2-5-21-10-15)26-6-4-16(9-18(26)24-14)17-11-22-23-12-17/h2-6,9-12,27H,7-8,13H2,1H3,(H,22,23). The van der Waals surface area contributed by atoms with Crippen molar-refractivity contribution < 1.29 is 9.90 Å². The van der Waals surface area contributed by atoms with Gasteiger partial charge in [-0.25, -0.2) is 4.98 Å². The van der Waals surface area contributed by atoms with Crippen LogP contribution in [0.4, 0.5) is 0 Å². The van der Waals surface area contributed by atoms with Crippen molar-refractivity contribution in [2.75, 3.05) is 13.2 Å². The second-order valence-corrected chi connectivity index (χ2v) is 6.49. The molecule has 0 fully saturated rings. The number of hydrogen-bond acceptors (Lipinski definition) is 5. The van der Waals surface area contributed by atoms with Crippen LogP contribution in [0.3, 0.4) is 0 Å². The van der Waals surface area contributed by atoms with Crippen LogP contribution in [0.1, 0.15) is 21.7 Å². The number of rotatable bonds is 6. The molecule has 28 heavy (non-hydrogen) atoms. The van der Waals surface area contributed by atoms with Crippen LogP contribution in [0.25, 0.3) is 16.8 Å². The van der Waals surface area contributed by atoms with Gasteiger partial charge in [-0.05, 0) is 36.2 Å². The number of hydrogen-bond donors (Lipinski definition) is 2. The second kappa shape index (κ2) is 7.61. The van der Waals surface area contributed by atoms with Gasteiger partial charge in [0.05, 0.1) is 18.5 Å². The number of carbonyl (C=O) groups excluding carboxylic acids is 1. The number of aromatic nitrogens is 5. The number of imidazole rings is 1. The van der Waals surface area contributed by atoms with E-state index in [0.29, 0.717) is 23.6 Å². The minimum atomic E-state index is -0.182. The van der Waals surface area contributed by atoms with Crippen LogP contribution in [0.2, 0.25) is 0 Å². The average Bonchev–Trinajstić information content (AvgIpc) is 3.34. The number of aromatic amines is 1. The molecule has 4 heterocycles. The molecule has 8 heteroatoms. The molecule has 0 bridgehead atoms. The first-order chi connectivity index (χ1) is 13.7. The second-order valence-electron chi connectivity index (χ2n) is 6.49. The zero-order chi connectivity index (χ0) is 19.5. The molecule has 4 aromatic rings. The molecule has 0 atom stereocenters. The Hall–Kier alpha value is -3.52. The van der Waals surface area contributed by atoms with Crippen molar-refractivity contribution >= 4 is 11.6 Å². The first-order valence-electron chi connectivity index (χ1n) is 8.94. The Morgan fingerprint density at radius 1 is 1.29 bits per heavy atom. The van der Waals surface area contributed by atoms with Crippen LogP contribution in [0, 0.1) is 6.92 Å². The highest BCUT2D eigenvalue weighted by molar-refractivity contribution is 5.95. The fourth-order valence-electron chi connectivity index (χ4n) is 3.24. The first-order valence-corrected chi connectivity index (χ1v) is 8.94. The fourth-order valence-corrected chi connectivity index (χ4v) is 3.24. The van der Waals surface area contributed by atoms with E-state index in [4.69, 9.17) is 0 Å². The fraction of sp³-hybridized carbons (Fsp3) is 0.200. The average molecular weight is 376 g/mol. The molecular weight excluding hydrogens is 356 g/mol. The van der Waals surface area contributed by atoms with Gasteiger partial charge in [-0.2, -0.15) is 5.10 Å². The lowest BCUT2D eigenvalue weighted by atomic mass is 10.1. The van der Waals surface area contributed by atoms with E-state index in [1.807, 2.05) is 43.6 Å². The van der Waals surface area contributed by atoms with Crippen molar-refractivity contribution in [3.05, 3.63) is 72.2 Å². The van der Waals surface area contributed by atoms with Gasteiger partial charge >= 0.3 is 0 Å². The van der Waals surface area contributed by atoms with Crippen molar-refractivity contribution in [1.82, 2.24) is 29.5 Å². The summed E-state index contributed by atoms with van der Waals surface area (Å²) in [5, 5.41) is 16.2. The Bertz CT molecular complexity index is 1090. The van der Waals surface area contributed by atoms with Crippen LogP contribution in [-0.4, -0.2) is 53.6 Å². The molecule has 0 aliphatic carbocycles. The van der Waals surface area contributed by atoms with Crippen LogP contribution in [0.5, 0.6) is 0 Å². The summed E-state index contributed by atoms with van der Waals surface area (Å²) in [4.78, 5) is 23.5. The number of H-pyrrole nitrogens is 1. The number of aryl methyl sites for hydroxylation is 1. The lowest BCUT2D eigenvalue weighted by Gasteiger charge is -2.22. The first kappa shape index (κ1) is 17.9. The molecule has 0 spiro atoms. The van der Waals surface area contributed by atoms with Crippen LogP contribution < -0.4 is 0 Å². The van der Waals surface area contributed by atoms with Gasteiger partial charge in [0.25, 0.3) is 5.91 Å². The zero-order valence-electron chi connectivity index (χ0n) is 15.4. The minimum absolute atomic E-state index is 0.119. The lowest BCUT2D eigenvalue weighted by molar-refractivity contribution is 0.0700. The number of carbonyl (C=O) groups is 1. The minimum Gasteiger partial charge on any atom is -0.395 e. The van der Waals surface area contributed by atoms with Gasteiger partial charge < -0.3 is 10.0 Å². The Kier molecular flexibility index (Phi) is 4.86. The molecule has 0 aromatic carbocycles. The highest BCUT2D eigenvalue weighted by atomic mass is 16.3. The van der Waals surface area contributed by atoms with Gasteiger partial charge in [0.2, 0.25) is 0 Å². The molecule has 4 rings (SSSR count). The summed E-state index contributed by atoms with van der Waals surface area (Å²) in [7, 11) is 0. The summed E-state index contributed by atoms with van der Waals surface area (Å²) in [6.07, 6.45) is 8.80. The van der Waals surface area contributed by atoms with Gasteiger partial charge in [0.1, 0.15) is 11.3 Å².